The van der Waals surface area contributed by atoms with Crippen LogP contribution < -0.4 is 5.32 Å². The summed E-state index contributed by atoms with van der Waals surface area (Å²) >= 11 is 0. The molecule has 0 bridgehead atoms. The van der Waals surface area contributed by atoms with Gasteiger partial charge in [0.25, 0.3) is 5.91 Å². The van der Waals surface area contributed by atoms with Crippen molar-refractivity contribution >= 4 is 5.91 Å². The number of tetrazole rings is 1. The molecule has 1 aromatic heterocycles. The third kappa shape index (κ3) is 3.43. The molecule has 21 heavy (non-hydrogen) atoms. The van der Waals surface area contributed by atoms with Crippen LogP contribution in [-0.4, -0.2) is 40.2 Å². The van der Waals surface area contributed by atoms with Gasteiger partial charge < -0.3 is 10.1 Å². The Morgan fingerprint density at radius 3 is 2.62 bits per heavy atom. The van der Waals surface area contributed by atoms with Gasteiger partial charge in [0.05, 0.1) is 6.61 Å². The van der Waals surface area contributed by atoms with E-state index in [1.54, 1.807) is 26.2 Å². The third-order valence-corrected chi connectivity index (χ3v) is 3.29. The molecule has 1 amide bonds. The molecule has 1 atom stereocenters. The lowest BCUT2D eigenvalue weighted by molar-refractivity contribution is 0.0768. The number of H-pyrrole nitrogens is 1. The van der Waals surface area contributed by atoms with Crippen molar-refractivity contribution in [3.8, 4) is 0 Å². The highest BCUT2D eigenvalue weighted by atomic mass is 16.5. The van der Waals surface area contributed by atoms with Crippen LogP contribution in [0.25, 0.3) is 0 Å². The predicted molar refractivity (Wildman–Crippen MR) is 76.7 cm³/mol. The molecule has 0 aliphatic heterocycles. The molecule has 2 rings (SSSR count). The minimum Gasteiger partial charge on any atom is -0.382 e. The third-order valence-electron chi connectivity index (χ3n) is 3.29. The standard InChI is InChI=1S/C14H19N5O2/c1-4-10-5-7-11(8-6-10)12(20)15-14(2,9-21-3)13-16-18-19-17-13/h5-8H,4,9H2,1-3H3,(H,15,20)(H,16,17,18,19). The average Bonchev–Trinajstić information content (AvgIpc) is 3.02. The highest BCUT2D eigenvalue weighted by molar-refractivity contribution is 5.94. The summed E-state index contributed by atoms with van der Waals surface area (Å²) in [5.41, 5.74) is 0.921. The van der Waals surface area contributed by atoms with Crippen LogP contribution in [0.1, 0.15) is 35.6 Å². The van der Waals surface area contributed by atoms with Gasteiger partial charge in [0.15, 0.2) is 0 Å². The van der Waals surface area contributed by atoms with Crippen LogP contribution in [0.3, 0.4) is 0 Å². The van der Waals surface area contributed by atoms with E-state index in [9.17, 15) is 4.79 Å². The molecule has 2 N–H and O–H groups in total. The van der Waals surface area contributed by atoms with Crippen molar-refractivity contribution in [3.05, 3.63) is 41.2 Å². The molecule has 0 radical (unpaired) electrons. The second-order valence-corrected chi connectivity index (χ2v) is 5.01. The van der Waals surface area contributed by atoms with Crippen molar-refractivity contribution in [3.63, 3.8) is 0 Å². The summed E-state index contributed by atoms with van der Waals surface area (Å²) in [7, 11) is 1.56. The summed E-state index contributed by atoms with van der Waals surface area (Å²) in [4.78, 5) is 12.4. The van der Waals surface area contributed by atoms with Crippen molar-refractivity contribution in [2.45, 2.75) is 25.8 Å². The quantitative estimate of drug-likeness (QED) is 0.829. The molecule has 1 aromatic carbocycles. The second kappa shape index (κ2) is 6.45. The van der Waals surface area contributed by atoms with E-state index in [0.29, 0.717) is 11.4 Å². The molecule has 7 heteroatoms. The first kappa shape index (κ1) is 15.1. The maximum Gasteiger partial charge on any atom is 0.252 e. The monoisotopic (exact) mass is 289 g/mol. The Balaban J connectivity index is 2.18. The molecule has 0 saturated heterocycles. The molecule has 1 unspecified atom stereocenters. The zero-order valence-electron chi connectivity index (χ0n) is 12.4. The van der Waals surface area contributed by atoms with E-state index in [1.165, 1.54) is 5.56 Å². The van der Waals surface area contributed by atoms with Crippen LogP contribution in [0.4, 0.5) is 0 Å². The number of aromatic nitrogens is 4. The van der Waals surface area contributed by atoms with E-state index in [2.05, 4.69) is 32.9 Å². The lowest BCUT2D eigenvalue weighted by Gasteiger charge is -2.26. The van der Waals surface area contributed by atoms with Crippen LogP contribution in [0.2, 0.25) is 0 Å². The topological polar surface area (TPSA) is 92.8 Å². The smallest absolute Gasteiger partial charge is 0.252 e. The molecule has 0 fully saturated rings. The largest absolute Gasteiger partial charge is 0.382 e. The molecular formula is C14H19N5O2. The molecule has 0 spiro atoms. The number of nitrogens with one attached hydrogen (secondary N) is 2. The van der Waals surface area contributed by atoms with Gasteiger partial charge >= 0.3 is 0 Å². The Hall–Kier alpha value is -2.28. The maximum atomic E-state index is 12.4. The highest BCUT2D eigenvalue weighted by Crippen LogP contribution is 2.17. The fraction of sp³-hybridized carbons (Fsp3) is 0.429. The van der Waals surface area contributed by atoms with E-state index in [-0.39, 0.29) is 12.5 Å². The van der Waals surface area contributed by atoms with Gasteiger partial charge in [-0.3, -0.25) is 4.79 Å². The van der Waals surface area contributed by atoms with Crippen LogP contribution in [0.15, 0.2) is 24.3 Å². The predicted octanol–water partition coefficient (Wildman–Crippen LogP) is 1.05. The summed E-state index contributed by atoms with van der Waals surface area (Å²) in [5.74, 6) is 0.171. The minimum atomic E-state index is -0.845. The van der Waals surface area contributed by atoms with Gasteiger partial charge in [-0.15, -0.1) is 10.2 Å². The number of benzene rings is 1. The van der Waals surface area contributed by atoms with Gasteiger partial charge in [-0.05, 0) is 31.0 Å². The number of hydrogen-bond donors (Lipinski definition) is 2. The fourth-order valence-corrected chi connectivity index (χ4v) is 2.06. The van der Waals surface area contributed by atoms with Gasteiger partial charge in [-0.2, -0.15) is 5.21 Å². The number of methoxy groups -OCH3 is 1. The Kier molecular flexibility index (Phi) is 4.64. The van der Waals surface area contributed by atoms with Crippen LogP contribution in [0, 0.1) is 0 Å². The number of carbonyl (C=O) groups excluding carboxylic acids is 1. The van der Waals surface area contributed by atoms with Gasteiger partial charge in [0.1, 0.15) is 5.54 Å². The molecule has 7 nitrogen and oxygen atoms in total. The lowest BCUT2D eigenvalue weighted by atomic mass is 10.0. The van der Waals surface area contributed by atoms with Crippen molar-refractivity contribution in [2.24, 2.45) is 0 Å². The number of nitrogens with zero attached hydrogens (tertiary/aromatic N) is 3. The molecule has 1 heterocycles. The van der Waals surface area contributed by atoms with E-state index < -0.39 is 5.54 Å². The zero-order valence-corrected chi connectivity index (χ0v) is 12.4. The van der Waals surface area contributed by atoms with Crippen molar-refractivity contribution in [1.29, 1.82) is 0 Å². The molecular weight excluding hydrogens is 270 g/mol. The summed E-state index contributed by atoms with van der Waals surface area (Å²) < 4.78 is 5.17. The second-order valence-electron chi connectivity index (χ2n) is 5.01. The number of rotatable bonds is 6. The maximum absolute atomic E-state index is 12.4. The van der Waals surface area contributed by atoms with E-state index >= 15 is 0 Å². The number of hydrogen-bond acceptors (Lipinski definition) is 5. The normalized spacial score (nSPS) is 13.7. The Labute approximate surface area is 123 Å². The number of carbonyl (C=O) groups is 1. The Morgan fingerprint density at radius 1 is 1.38 bits per heavy atom. The Bertz CT molecular complexity index is 582. The number of ether oxygens (including phenoxy) is 1. The minimum absolute atomic E-state index is 0.206. The average molecular weight is 289 g/mol. The summed E-state index contributed by atoms with van der Waals surface area (Å²) in [6, 6.07) is 7.49. The first-order valence-corrected chi connectivity index (χ1v) is 6.73. The fourth-order valence-electron chi connectivity index (χ4n) is 2.06. The lowest BCUT2D eigenvalue weighted by Crippen LogP contribution is -2.47. The number of aromatic amines is 1. The molecule has 0 aliphatic rings. The number of aryl methyl sites for hydroxylation is 1. The summed E-state index contributed by atoms with van der Waals surface area (Å²) in [6.45, 7) is 4.10. The highest BCUT2D eigenvalue weighted by Gasteiger charge is 2.33. The van der Waals surface area contributed by atoms with Crippen LogP contribution in [-0.2, 0) is 16.7 Å². The first-order valence-electron chi connectivity index (χ1n) is 6.73. The zero-order chi connectivity index (χ0) is 15.3. The Morgan fingerprint density at radius 2 is 2.10 bits per heavy atom. The van der Waals surface area contributed by atoms with Crippen LogP contribution in [0.5, 0.6) is 0 Å². The van der Waals surface area contributed by atoms with Crippen molar-refractivity contribution < 1.29 is 9.53 Å². The molecule has 112 valence electrons. The van der Waals surface area contributed by atoms with E-state index in [1.807, 2.05) is 12.1 Å². The summed E-state index contributed by atoms with van der Waals surface area (Å²) in [5, 5.41) is 16.7. The first-order chi connectivity index (χ1) is 10.1. The molecule has 2 aromatic rings. The SMILES string of the molecule is CCc1ccc(C(=O)NC(C)(COC)c2nn[nH]n2)cc1. The van der Waals surface area contributed by atoms with Gasteiger partial charge in [-0.1, -0.05) is 24.3 Å². The summed E-state index contributed by atoms with van der Waals surface area (Å²) in [6.07, 6.45) is 0.937. The van der Waals surface area contributed by atoms with Crippen LogP contribution >= 0.6 is 0 Å². The van der Waals surface area contributed by atoms with Gasteiger partial charge in [0, 0.05) is 12.7 Å². The number of amides is 1. The molecule has 0 aliphatic carbocycles. The molecule has 0 saturated carbocycles. The van der Waals surface area contributed by atoms with Gasteiger partial charge in [-0.25, -0.2) is 0 Å². The van der Waals surface area contributed by atoms with E-state index in [0.717, 1.165) is 6.42 Å². The van der Waals surface area contributed by atoms with E-state index in [4.69, 9.17) is 4.74 Å². The van der Waals surface area contributed by atoms with Crippen molar-refractivity contribution in [1.82, 2.24) is 25.9 Å². The van der Waals surface area contributed by atoms with Crippen molar-refractivity contribution in [2.75, 3.05) is 13.7 Å². The van der Waals surface area contributed by atoms with Gasteiger partial charge in [0.2, 0.25) is 5.82 Å².